The Labute approximate surface area is 110 Å². The largest absolute Gasteiger partial charge is 0.497 e. The fourth-order valence-electron chi connectivity index (χ4n) is 2.11. The van der Waals surface area contributed by atoms with Gasteiger partial charge in [-0.25, -0.2) is 4.79 Å². The van der Waals surface area contributed by atoms with Gasteiger partial charge in [-0.2, -0.15) is 0 Å². The maximum absolute atomic E-state index is 11.7. The number of hydrogen-bond acceptors (Lipinski definition) is 4. The summed E-state index contributed by atoms with van der Waals surface area (Å²) in [5.74, 6) is -0.645. The van der Waals surface area contributed by atoms with Gasteiger partial charge < -0.3 is 19.5 Å². The predicted octanol–water partition coefficient (Wildman–Crippen LogP) is 0.506. The van der Waals surface area contributed by atoms with Gasteiger partial charge in [0.25, 0.3) is 5.91 Å². The number of amides is 1. The highest BCUT2D eigenvalue weighted by Crippen LogP contribution is 2.26. The minimum Gasteiger partial charge on any atom is -0.497 e. The molecule has 0 bridgehead atoms. The van der Waals surface area contributed by atoms with Crippen LogP contribution in [0, 0.1) is 0 Å². The van der Waals surface area contributed by atoms with Crippen molar-refractivity contribution in [3.8, 4) is 5.75 Å². The monoisotopic (exact) mass is 265 g/mol. The van der Waals surface area contributed by atoms with Gasteiger partial charge in [-0.05, 0) is 17.7 Å². The van der Waals surface area contributed by atoms with Crippen LogP contribution in [0.25, 0.3) is 0 Å². The van der Waals surface area contributed by atoms with Gasteiger partial charge in [-0.3, -0.25) is 4.79 Å². The Morgan fingerprint density at radius 3 is 2.42 bits per heavy atom. The van der Waals surface area contributed by atoms with Gasteiger partial charge in [0.15, 0.2) is 12.1 Å². The number of carboxylic acids is 1. The van der Waals surface area contributed by atoms with E-state index in [1.54, 1.807) is 31.4 Å². The molecule has 1 aliphatic heterocycles. The number of methoxy groups -OCH3 is 2. The summed E-state index contributed by atoms with van der Waals surface area (Å²) in [5.41, 5.74) is 0.843. The molecule has 1 fully saturated rings. The zero-order chi connectivity index (χ0) is 14.0. The average molecular weight is 265 g/mol. The summed E-state index contributed by atoms with van der Waals surface area (Å²) in [6.07, 6.45) is -0.879. The third kappa shape index (κ3) is 2.39. The lowest BCUT2D eigenvalue weighted by Crippen LogP contribution is -2.67. The lowest BCUT2D eigenvalue weighted by molar-refractivity contribution is -0.183. The molecule has 1 N–H and O–H groups in total. The molecule has 1 heterocycles. The first-order valence-corrected chi connectivity index (χ1v) is 5.77. The first kappa shape index (κ1) is 13.4. The van der Waals surface area contributed by atoms with Crippen molar-refractivity contribution in [3.05, 3.63) is 29.8 Å². The van der Waals surface area contributed by atoms with E-state index < -0.39 is 18.1 Å². The molecule has 0 aromatic heterocycles. The van der Waals surface area contributed by atoms with Gasteiger partial charge in [0.05, 0.1) is 7.11 Å². The standard InChI is InChI=1S/C13H15NO5/c1-18-9-5-3-8(4-6-9)7-14-10(13(16)17)11(19-2)12(14)15/h3-6,10-11H,7H2,1-2H3,(H,16,17)/t10-,11-/m0/s1. The van der Waals surface area contributed by atoms with Gasteiger partial charge in [-0.1, -0.05) is 12.1 Å². The molecule has 0 saturated carbocycles. The number of β-lactam (4-membered cyclic amide) rings is 1. The van der Waals surface area contributed by atoms with Gasteiger partial charge in [0.2, 0.25) is 0 Å². The summed E-state index contributed by atoms with van der Waals surface area (Å²) in [4.78, 5) is 24.1. The third-order valence-corrected chi connectivity index (χ3v) is 3.17. The smallest absolute Gasteiger partial charge is 0.329 e. The van der Waals surface area contributed by atoms with E-state index in [1.165, 1.54) is 12.0 Å². The van der Waals surface area contributed by atoms with Crippen molar-refractivity contribution in [1.29, 1.82) is 0 Å². The molecule has 6 nitrogen and oxygen atoms in total. The second-order valence-electron chi connectivity index (χ2n) is 4.25. The van der Waals surface area contributed by atoms with Crippen molar-refractivity contribution >= 4 is 11.9 Å². The first-order valence-electron chi connectivity index (χ1n) is 5.77. The SMILES string of the molecule is COc1ccc(CN2C(=O)[C@@H](OC)[C@H]2C(=O)O)cc1. The highest BCUT2D eigenvalue weighted by atomic mass is 16.5. The number of hydrogen-bond donors (Lipinski definition) is 1. The maximum atomic E-state index is 11.7. The number of carbonyl (C=O) groups excluding carboxylic acids is 1. The zero-order valence-corrected chi connectivity index (χ0v) is 10.7. The second-order valence-corrected chi connectivity index (χ2v) is 4.25. The third-order valence-electron chi connectivity index (χ3n) is 3.17. The van der Waals surface area contributed by atoms with E-state index in [-0.39, 0.29) is 12.5 Å². The Morgan fingerprint density at radius 1 is 1.32 bits per heavy atom. The molecule has 1 aliphatic rings. The summed E-state index contributed by atoms with van der Waals surface area (Å²) in [7, 11) is 2.90. The van der Waals surface area contributed by atoms with Crippen molar-refractivity contribution < 1.29 is 24.2 Å². The number of benzene rings is 1. The summed E-state index contributed by atoms with van der Waals surface area (Å²) >= 11 is 0. The van der Waals surface area contributed by atoms with Crippen LogP contribution in [0.1, 0.15) is 5.56 Å². The molecule has 1 aromatic rings. The van der Waals surface area contributed by atoms with Crippen LogP contribution in [0.3, 0.4) is 0 Å². The highest BCUT2D eigenvalue weighted by molar-refractivity contribution is 5.98. The molecule has 2 rings (SSSR count). The Balaban J connectivity index is 2.09. The molecular weight excluding hydrogens is 250 g/mol. The molecule has 1 amide bonds. The van der Waals surface area contributed by atoms with Crippen LogP contribution in [-0.4, -0.2) is 48.2 Å². The Kier molecular flexibility index (Phi) is 3.71. The van der Waals surface area contributed by atoms with Crippen molar-refractivity contribution in [2.24, 2.45) is 0 Å². The quantitative estimate of drug-likeness (QED) is 0.785. The van der Waals surface area contributed by atoms with Crippen molar-refractivity contribution in [1.82, 2.24) is 4.90 Å². The van der Waals surface area contributed by atoms with Crippen molar-refractivity contribution in [2.75, 3.05) is 14.2 Å². The fraction of sp³-hybridized carbons (Fsp3) is 0.385. The number of carbonyl (C=O) groups is 2. The predicted molar refractivity (Wildman–Crippen MR) is 65.8 cm³/mol. The van der Waals surface area contributed by atoms with Crippen molar-refractivity contribution in [2.45, 2.75) is 18.7 Å². The minimum absolute atomic E-state index is 0.250. The molecule has 0 radical (unpaired) electrons. The van der Waals surface area contributed by atoms with Crippen LogP contribution in [0.5, 0.6) is 5.75 Å². The Bertz CT molecular complexity index is 484. The van der Waals surface area contributed by atoms with Crippen LogP contribution in [0.15, 0.2) is 24.3 Å². The van der Waals surface area contributed by atoms with Crippen molar-refractivity contribution in [3.63, 3.8) is 0 Å². The van der Waals surface area contributed by atoms with Gasteiger partial charge in [0.1, 0.15) is 5.75 Å². The van der Waals surface area contributed by atoms with Gasteiger partial charge in [0, 0.05) is 13.7 Å². The first-order chi connectivity index (χ1) is 9.08. The van der Waals surface area contributed by atoms with E-state index in [0.717, 1.165) is 5.56 Å². The lowest BCUT2D eigenvalue weighted by atomic mass is 9.97. The van der Waals surface area contributed by atoms with Gasteiger partial charge >= 0.3 is 5.97 Å². The van der Waals surface area contributed by atoms with Crippen LogP contribution in [-0.2, 0) is 20.9 Å². The van der Waals surface area contributed by atoms with Crippen LogP contribution < -0.4 is 4.74 Å². The molecule has 2 atom stereocenters. The normalized spacial score (nSPS) is 22.0. The number of rotatable bonds is 5. The van der Waals surface area contributed by atoms with Gasteiger partial charge in [-0.15, -0.1) is 0 Å². The number of aliphatic carboxylic acids is 1. The summed E-state index contributed by atoms with van der Waals surface area (Å²) in [6.45, 7) is 0.250. The van der Waals surface area contributed by atoms with E-state index in [1.807, 2.05) is 0 Å². The van der Waals surface area contributed by atoms with Crippen LogP contribution in [0.4, 0.5) is 0 Å². The lowest BCUT2D eigenvalue weighted by Gasteiger charge is -2.43. The van der Waals surface area contributed by atoms with Crippen LogP contribution in [0.2, 0.25) is 0 Å². The zero-order valence-electron chi connectivity index (χ0n) is 10.7. The van der Waals surface area contributed by atoms with E-state index in [0.29, 0.717) is 5.75 Å². The molecule has 1 saturated heterocycles. The molecule has 0 aliphatic carbocycles. The molecule has 19 heavy (non-hydrogen) atoms. The fourth-order valence-corrected chi connectivity index (χ4v) is 2.11. The Hall–Kier alpha value is -2.08. The molecule has 102 valence electrons. The summed E-state index contributed by atoms with van der Waals surface area (Å²) < 4.78 is 9.92. The molecule has 1 aromatic carbocycles. The molecule has 0 unspecified atom stereocenters. The second kappa shape index (κ2) is 5.27. The number of carboxylic acid groups (broad SMARTS) is 1. The summed E-state index contributed by atoms with van der Waals surface area (Å²) in [5, 5.41) is 9.09. The highest BCUT2D eigenvalue weighted by Gasteiger charge is 2.52. The van der Waals surface area contributed by atoms with E-state index in [9.17, 15) is 9.59 Å². The van der Waals surface area contributed by atoms with E-state index >= 15 is 0 Å². The molecular formula is C13H15NO5. The van der Waals surface area contributed by atoms with Crippen LogP contribution >= 0.6 is 0 Å². The van der Waals surface area contributed by atoms with E-state index in [4.69, 9.17) is 14.6 Å². The number of likely N-dealkylation sites (tertiary alicyclic amines) is 1. The number of nitrogens with zero attached hydrogens (tertiary/aromatic N) is 1. The molecule has 0 spiro atoms. The minimum atomic E-state index is -1.06. The topological polar surface area (TPSA) is 76.1 Å². The maximum Gasteiger partial charge on any atom is 0.329 e. The number of ether oxygens (including phenoxy) is 2. The molecule has 6 heteroatoms. The Morgan fingerprint density at radius 2 is 1.95 bits per heavy atom. The average Bonchev–Trinajstić information content (AvgIpc) is 2.41. The summed E-state index contributed by atoms with van der Waals surface area (Å²) in [6, 6.07) is 6.21. The van der Waals surface area contributed by atoms with E-state index in [2.05, 4.69) is 0 Å².